The Labute approximate surface area is 405 Å². The summed E-state index contributed by atoms with van der Waals surface area (Å²) < 4.78 is 18.4. The van der Waals surface area contributed by atoms with Gasteiger partial charge in [-0.2, -0.15) is 0 Å². The Morgan fingerprint density at radius 2 is 0.585 bits per heavy atom. The zero-order chi connectivity index (χ0) is 47.9. The maximum atomic E-state index is 13.7. The topological polar surface area (TPSA) is 85.4 Å². The fourth-order valence-electron chi connectivity index (χ4n) is 8.96. The van der Waals surface area contributed by atoms with Crippen LogP contribution in [0.15, 0.2) is 0 Å². The van der Waals surface area contributed by atoms with Crippen LogP contribution in [-0.4, -0.2) is 79.9 Å². The first kappa shape index (κ1) is 63.2. The molecule has 0 aliphatic heterocycles. The molecule has 0 saturated heterocycles. The molecule has 65 heavy (non-hydrogen) atoms. The monoisotopic (exact) mass is 921 g/mol. The highest BCUT2D eigenvalue weighted by molar-refractivity contribution is 5.70. The van der Waals surface area contributed by atoms with Gasteiger partial charge in [-0.15, -0.1) is 0 Å². The Hall–Kier alpha value is -1.83. The number of unbranched alkanes of at least 4 members (excludes halogenated alkanes) is 25. The summed E-state index contributed by atoms with van der Waals surface area (Å²) in [4.78, 5) is 43.4. The van der Waals surface area contributed by atoms with E-state index >= 15 is 0 Å². The van der Waals surface area contributed by atoms with Crippen LogP contribution in [0.3, 0.4) is 0 Å². The molecule has 0 aromatic heterocycles. The molecule has 0 aliphatic rings. The fraction of sp³-hybridized carbons (Fsp3) is 0.947. The molecule has 8 nitrogen and oxygen atoms in total. The van der Waals surface area contributed by atoms with Gasteiger partial charge in [-0.05, 0) is 130 Å². The van der Waals surface area contributed by atoms with E-state index in [1.165, 1.54) is 77.0 Å². The normalized spacial score (nSPS) is 11.7. The number of esters is 2. The molecule has 0 saturated carbocycles. The van der Waals surface area contributed by atoms with Gasteiger partial charge in [0.15, 0.2) is 0 Å². The zero-order valence-electron chi connectivity index (χ0n) is 44.7. The van der Waals surface area contributed by atoms with Crippen LogP contribution in [0, 0.1) is 0 Å². The molecule has 0 spiro atoms. The lowest BCUT2D eigenvalue weighted by Gasteiger charge is -2.26. The first-order valence-electron chi connectivity index (χ1n) is 28.7. The zero-order valence-corrected chi connectivity index (χ0v) is 44.7. The maximum Gasteiger partial charge on any atom is 0.410 e. The van der Waals surface area contributed by atoms with Gasteiger partial charge in [0.05, 0.1) is 0 Å². The fourth-order valence-corrected chi connectivity index (χ4v) is 8.96. The van der Waals surface area contributed by atoms with Crippen molar-refractivity contribution in [2.45, 2.75) is 316 Å². The van der Waals surface area contributed by atoms with Gasteiger partial charge in [-0.1, -0.05) is 176 Å². The number of nitrogens with zero attached hydrogens (tertiary/aromatic N) is 2. The molecule has 0 unspecified atom stereocenters. The summed E-state index contributed by atoms with van der Waals surface area (Å²) >= 11 is 0. The van der Waals surface area contributed by atoms with Crippen LogP contribution in [0.4, 0.5) is 4.79 Å². The highest BCUT2D eigenvalue weighted by Gasteiger charge is 2.21. The van der Waals surface area contributed by atoms with Gasteiger partial charge in [-0.25, -0.2) is 4.79 Å². The minimum atomic E-state index is -0.122. The lowest BCUT2D eigenvalue weighted by Crippen LogP contribution is -2.36. The van der Waals surface area contributed by atoms with Crippen molar-refractivity contribution >= 4 is 18.0 Å². The third-order valence-corrected chi connectivity index (χ3v) is 13.3. The number of rotatable bonds is 50. The van der Waals surface area contributed by atoms with E-state index in [2.05, 4.69) is 53.6 Å². The quantitative estimate of drug-likeness (QED) is 0.0341. The Kier molecular flexibility index (Phi) is 47.3. The van der Waals surface area contributed by atoms with Crippen molar-refractivity contribution in [1.29, 1.82) is 0 Å². The van der Waals surface area contributed by atoms with Gasteiger partial charge in [0, 0.05) is 25.9 Å². The van der Waals surface area contributed by atoms with Crippen LogP contribution in [0.1, 0.15) is 298 Å². The molecule has 8 heteroatoms. The van der Waals surface area contributed by atoms with Gasteiger partial charge in [0.2, 0.25) is 0 Å². The highest BCUT2D eigenvalue weighted by Crippen LogP contribution is 2.22. The minimum Gasteiger partial charge on any atom is -0.462 e. The van der Waals surface area contributed by atoms with E-state index in [0.717, 1.165) is 193 Å². The molecule has 0 heterocycles. The van der Waals surface area contributed by atoms with Crippen LogP contribution in [-0.2, 0) is 23.8 Å². The molecule has 0 atom stereocenters. The first-order valence-corrected chi connectivity index (χ1v) is 28.7. The lowest BCUT2D eigenvalue weighted by atomic mass is 10.0. The van der Waals surface area contributed by atoms with Crippen molar-refractivity contribution in [3.8, 4) is 0 Å². The number of hydrogen-bond acceptors (Lipinski definition) is 7. The summed E-state index contributed by atoms with van der Waals surface area (Å²) in [5, 5.41) is 0. The molecule has 0 aromatic carbocycles. The standard InChI is InChI=1S/C57H112N2O6/c1-8-13-18-30-41-52(42-31-19-14-9-2)63-55(60)47-36-28-24-22-26-34-45-54(65-57(62)59(50-38-17-12-5)51-40-39-49-58(6)7)46-35-27-23-25-29-37-48-56(61)64-53(43-32-20-15-10-3)44-33-21-16-11-4/h52-54H,8-51H2,1-7H3. The van der Waals surface area contributed by atoms with E-state index in [1.807, 2.05) is 4.90 Å². The predicted molar refractivity (Wildman–Crippen MR) is 278 cm³/mol. The van der Waals surface area contributed by atoms with Crippen LogP contribution >= 0.6 is 0 Å². The molecule has 0 bridgehead atoms. The number of hydrogen-bond donors (Lipinski definition) is 0. The van der Waals surface area contributed by atoms with E-state index in [0.29, 0.717) is 12.8 Å². The number of carbonyl (C=O) groups is 3. The summed E-state index contributed by atoms with van der Waals surface area (Å²) in [7, 11) is 4.21. The van der Waals surface area contributed by atoms with Gasteiger partial charge in [0.25, 0.3) is 0 Å². The average molecular weight is 922 g/mol. The second-order valence-electron chi connectivity index (χ2n) is 20.2. The smallest absolute Gasteiger partial charge is 0.410 e. The van der Waals surface area contributed by atoms with E-state index in [4.69, 9.17) is 14.2 Å². The van der Waals surface area contributed by atoms with E-state index < -0.39 is 0 Å². The Morgan fingerprint density at radius 1 is 0.323 bits per heavy atom. The second kappa shape index (κ2) is 48.6. The number of amides is 1. The molecule has 1 amide bonds. The maximum absolute atomic E-state index is 13.7. The van der Waals surface area contributed by atoms with E-state index in [9.17, 15) is 14.4 Å². The summed E-state index contributed by atoms with van der Waals surface area (Å²) in [6.07, 6.45) is 44.8. The summed E-state index contributed by atoms with van der Waals surface area (Å²) in [6.45, 7) is 13.8. The van der Waals surface area contributed by atoms with E-state index in [1.54, 1.807) is 0 Å². The van der Waals surface area contributed by atoms with Crippen molar-refractivity contribution in [2.24, 2.45) is 0 Å². The van der Waals surface area contributed by atoms with Crippen molar-refractivity contribution in [1.82, 2.24) is 9.80 Å². The average Bonchev–Trinajstić information content (AvgIpc) is 3.28. The number of carbonyl (C=O) groups excluding carboxylic acids is 3. The van der Waals surface area contributed by atoms with Crippen LogP contribution in [0.5, 0.6) is 0 Å². The van der Waals surface area contributed by atoms with Crippen molar-refractivity contribution in [3.63, 3.8) is 0 Å². The largest absolute Gasteiger partial charge is 0.462 e. The molecular formula is C57H112N2O6. The van der Waals surface area contributed by atoms with Crippen LogP contribution in [0.2, 0.25) is 0 Å². The van der Waals surface area contributed by atoms with Gasteiger partial charge in [0.1, 0.15) is 18.3 Å². The molecule has 0 aromatic rings. The Balaban J connectivity index is 4.93. The van der Waals surface area contributed by atoms with Gasteiger partial charge >= 0.3 is 18.0 Å². The second-order valence-corrected chi connectivity index (χ2v) is 20.2. The van der Waals surface area contributed by atoms with Crippen molar-refractivity contribution in [3.05, 3.63) is 0 Å². The van der Waals surface area contributed by atoms with Gasteiger partial charge in [-0.3, -0.25) is 9.59 Å². The third-order valence-electron chi connectivity index (χ3n) is 13.3. The SMILES string of the molecule is CCCCCCC(CCCCCC)OC(=O)CCCCCCCCC(CCCCCCCCC(=O)OC(CCCCCC)CCCCCC)OC(=O)N(CCCCC)CCCCN(C)C. The van der Waals surface area contributed by atoms with Crippen LogP contribution in [0.25, 0.3) is 0 Å². The first-order chi connectivity index (χ1) is 31.7. The summed E-state index contributed by atoms with van der Waals surface area (Å²) in [6, 6.07) is 0. The summed E-state index contributed by atoms with van der Waals surface area (Å²) in [5.74, 6) is -0.00542. The number of ether oxygens (including phenoxy) is 3. The molecule has 386 valence electrons. The minimum absolute atomic E-state index is 0.00271. The third kappa shape index (κ3) is 43.2. The predicted octanol–water partition coefficient (Wildman–Crippen LogP) is 17.3. The molecule has 0 N–H and O–H groups in total. The van der Waals surface area contributed by atoms with Crippen LogP contribution < -0.4 is 0 Å². The molecule has 0 aliphatic carbocycles. The van der Waals surface area contributed by atoms with E-state index in [-0.39, 0.29) is 36.3 Å². The molecule has 0 rings (SSSR count). The van der Waals surface area contributed by atoms with Crippen molar-refractivity contribution in [2.75, 3.05) is 33.7 Å². The highest BCUT2D eigenvalue weighted by atomic mass is 16.6. The lowest BCUT2D eigenvalue weighted by molar-refractivity contribution is -0.151. The summed E-state index contributed by atoms with van der Waals surface area (Å²) in [5.41, 5.74) is 0. The molecule has 0 radical (unpaired) electrons. The van der Waals surface area contributed by atoms with Crippen molar-refractivity contribution < 1.29 is 28.6 Å². The molecule has 0 fully saturated rings. The molecular weight excluding hydrogens is 809 g/mol. The Bertz CT molecular complexity index is 957. The van der Waals surface area contributed by atoms with Gasteiger partial charge < -0.3 is 24.0 Å². The Morgan fingerprint density at radius 3 is 0.923 bits per heavy atom.